The molecule has 3 nitrogen and oxygen atoms in total. The zero-order valence-electron chi connectivity index (χ0n) is 11.1. The maximum Gasteiger partial charge on any atom is 0.119 e. The molecular weight excluding hydrogens is 248 g/mol. The summed E-state index contributed by atoms with van der Waals surface area (Å²) in [5.41, 5.74) is 0.0864. The van der Waals surface area contributed by atoms with Crippen molar-refractivity contribution in [1.82, 2.24) is 10.2 Å². The van der Waals surface area contributed by atoms with E-state index in [4.69, 9.17) is 16.3 Å². The summed E-state index contributed by atoms with van der Waals surface area (Å²) in [5, 5.41) is 4.33. The summed E-state index contributed by atoms with van der Waals surface area (Å²) in [6.45, 7) is 2.78. The molecule has 2 rings (SSSR count). The van der Waals surface area contributed by atoms with Crippen LogP contribution >= 0.6 is 11.6 Å². The molecule has 1 fully saturated rings. The lowest BCUT2D eigenvalue weighted by Gasteiger charge is -2.32. The second-order valence-electron chi connectivity index (χ2n) is 5.29. The zero-order chi connectivity index (χ0) is 13.0. The second kappa shape index (κ2) is 5.91. The Balaban J connectivity index is 1.95. The van der Waals surface area contributed by atoms with Crippen molar-refractivity contribution in [2.75, 3.05) is 33.8 Å². The number of nitrogens with one attached hydrogen (secondary N) is 1. The molecule has 0 amide bonds. The minimum atomic E-state index is 0.0864. The highest BCUT2D eigenvalue weighted by atomic mass is 35.5. The van der Waals surface area contributed by atoms with Crippen LogP contribution in [0.3, 0.4) is 0 Å². The van der Waals surface area contributed by atoms with E-state index in [2.05, 4.69) is 24.3 Å². The van der Waals surface area contributed by atoms with Gasteiger partial charge in [-0.05, 0) is 57.7 Å². The Morgan fingerprint density at radius 2 is 2.06 bits per heavy atom. The van der Waals surface area contributed by atoms with Gasteiger partial charge in [0.25, 0.3) is 0 Å². The number of likely N-dealkylation sites (N-methyl/N-ethyl adjacent to an activating group) is 1. The lowest BCUT2D eigenvalue weighted by molar-refractivity contribution is 0.160. The Labute approximate surface area is 114 Å². The molecule has 0 spiro atoms. The molecule has 1 unspecified atom stereocenters. The number of ether oxygens (including phenoxy) is 1. The first-order chi connectivity index (χ1) is 8.60. The van der Waals surface area contributed by atoms with Crippen LogP contribution in [0.2, 0.25) is 5.02 Å². The minimum absolute atomic E-state index is 0.0864. The lowest BCUT2D eigenvalue weighted by Crippen LogP contribution is -2.52. The predicted octanol–water partition coefficient (Wildman–Crippen LogP) is 2.40. The minimum Gasteiger partial charge on any atom is -0.492 e. The van der Waals surface area contributed by atoms with Gasteiger partial charge in [-0.15, -0.1) is 0 Å². The maximum absolute atomic E-state index is 5.90. The average Bonchev–Trinajstić information content (AvgIpc) is 2.76. The third-order valence-electron chi connectivity index (χ3n) is 3.28. The largest absolute Gasteiger partial charge is 0.492 e. The van der Waals surface area contributed by atoms with Gasteiger partial charge in [0.15, 0.2) is 0 Å². The SMILES string of the molecule is CN(C)CC1(COc2ccc(Cl)cc2)CCCN1. The van der Waals surface area contributed by atoms with Gasteiger partial charge < -0.3 is 15.0 Å². The van der Waals surface area contributed by atoms with Crippen molar-refractivity contribution in [3.05, 3.63) is 29.3 Å². The van der Waals surface area contributed by atoms with Crippen LogP contribution in [-0.2, 0) is 0 Å². The Bertz CT molecular complexity index is 372. The van der Waals surface area contributed by atoms with Crippen molar-refractivity contribution in [2.45, 2.75) is 18.4 Å². The Morgan fingerprint density at radius 3 is 2.61 bits per heavy atom. The van der Waals surface area contributed by atoms with E-state index in [9.17, 15) is 0 Å². The van der Waals surface area contributed by atoms with Crippen LogP contribution in [0.25, 0.3) is 0 Å². The van der Waals surface area contributed by atoms with E-state index in [1.54, 1.807) is 0 Å². The Kier molecular flexibility index (Phi) is 4.49. The molecule has 1 N–H and O–H groups in total. The topological polar surface area (TPSA) is 24.5 Å². The molecule has 1 heterocycles. The molecule has 100 valence electrons. The standard InChI is InChI=1S/C14H21ClN2O/c1-17(2)10-14(8-3-9-16-14)11-18-13-6-4-12(15)5-7-13/h4-7,16H,3,8-11H2,1-2H3. The second-order valence-corrected chi connectivity index (χ2v) is 5.73. The summed E-state index contributed by atoms with van der Waals surface area (Å²) < 4.78 is 5.90. The molecule has 1 atom stereocenters. The van der Waals surface area contributed by atoms with E-state index in [0.29, 0.717) is 6.61 Å². The van der Waals surface area contributed by atoms with E-state index in [0.717, 1.165) is 23.9 Å². The number of nitrogens with zero attached hydrogens (tertiary/aromatic N) is 1. The van der Waals surface area contributed by atoms with Crippen molar-refractivity contribution in [3.63, 3.8) is 0 Å². The summed E-state index contributed by atoms with van der Waals surface area (Å²) >= 11 is 5.86. The third kappa shape index (κ3) is 3.61. The molecule has 0 aliphatic carbocycles. The summed E-state index contributed by atoms with van der Waals surface area (Å²) in [4.78, 5) is 2.21. The van der Waals surface area contributed by atoms with Gasteiger partial charge in [-0.2, -0.15) is 0 Å². The van der Waals surface area contributed by atoms with Crippen molar-refractivity contribution < 1.29 is 4.74 Å². The molecule has 1 aromatic rings. The molecule has 1 saturated heterocycles. The highest BCUT2D eigenvalue weighted by Crippen LogP contribution is 2.23. The van der Waals surface area contributed by atoms with Crippen LogP contribution in [0.1, 0.15) is 12.8 Å². The van der Waals surface area contributed by atoms with Gasteiger partial charge in [-0.25, -0.2) is 0 Å². The molecule has 0 aromatic heterocycles. The number of rotatable bonds is 5. The van der Waals surface area contributed by atoms with Crippen LogP contribution < -0.4 is 10.1 Å². The Morgan fingerprint density at radius 1 is 1.33 bits per heavy atom. The predicted molar refractivity (Wildman–Crippen MR) is 75.5 cm³/mol. The first-order valence-corrected chi connectivity index (χ1v) is 6.76. The fraction of sp³-hybridized carbons (Fsp3) is 0.571. The van der Waals surface area contributed by atoms with E-state index in [-0.39, 0.29) is 5.54 Å². The van der Waals surface area contributed by atoms with Crippen molar-refractivity contribution >= 4 is 11.6 Å². The van der Waals surface area contributed by atoms with Gasteiger partial charge in [0.2, 0.25) is 0 Å². The molecule has 0 saturated carbocycles. The molecule has 1 aliphatic heterocycles. The maximum atomic E-state index is 5.90. The lowest BCUT2D eigenvalue weighted by atomic mass is 9.98. The highest BCUT2D eigenvalue weighted by molar-refractivity contribution is 6.30. The van der Waals surface area contributed by atoms with Gasteiger partial charge in [0, 0.05) is 11.6 Å². The van der Waals surface area contributed by atoms with Gasteiger partial charge in [-0.3, -0.25) is 0 Å². The quantitative estimate of drug-likeness (QED) is 0.888. The van der Waals surface area contributed by atoms with Crippen LogP contribution in [0.5, 0.6) is 5.75 Å². The third-order valence-corrected chi connectivity index (χ3v) is 3.53. The summed E-state index contributed by atoms with van der Waals surface area (Å²) in [6, 6.07) is 7.55. The van der Waals surface area contributed by atoms with Crippen molar-refractivity contribution in [1.29, 1.82) is 0 Å². The summed E-state index contributed by atoms with van der Waals surface area (Å²) in [5.74, 6) is 0.881. The first kappa shape index (κ1) is 13.7. The monoisotopic (exact) mass is 268 g/mol. The van der Waals surface area contributed by atoms with E-state index >= 15 is 0 Å². The van der Waals surface area contributed by atoms with Crippen LogP contribution in [0, 0.1) is 0 Å². The normalized spacial score (nSPS) is 23.6. The molecule has 1 aliphatic rings. The number of halogens is 1. The van der Waals surface area contributed by atoms with Gasteiger partial charge >= 0.3 is 0 Å². The fourth-order valence-corrected chi connectivity index (χ4v) is 2.66. The van der Waals surface area contributed by atoms with Crippen LogP contribution in [0.15, 0.2) is 24.3 Å². The first-order valence-electron chi connectivity index (χ1n) is 6.38. The van der Waals surface area contributed by atoms with Gasteiger partial charge in [0.05, 0.1) is 5.54 Å². The highest BCUT2D eigenvalue weighted by Gasteiger charge is 2.34. The molecule has 1 aromatic carbocycles. The average molecular weight is 269 g/mol. The summed E-state index contributed by atoms with van der Waals surface area (Å²) in [7, 11) is 4.20. The molecule has 18 heavy (non-hydrogen) atoms. The van der Waals surface area contributed by atoms with Crippen molar-refractivity contribution in [3.8, 4) is 5.75 Å². The molecule has 4 heteroatoms. The van der Waals surface area contributed by atoms with E-state index in [1.807, 2.05) is 24.3 Å². The smallest absolute Gasteiger partial charge is 0.119 e. The number of hydrogen-bond acceptors (Lipinski definition) is 3. The Hall–Kier alpha value is -0.770. The van der Waals surface area contributed by atoms with Crippen LogP contribution in [0.4, 0.5) is 0 Å². The van der Waals surface area contributed by atoms with E-state index < -0.39 is 0 Å². The van der Waals surface area contributed by atoms with Crippen molar-refractivity contribution in [2.24, 2.45) is 0 Å². The van der Waals surface area contributed by atoms with Crippen LogP contribution in [-0.4, -0.2) is 44.2 Å². The molecule has 0 radical (unpaired) electrons. The zero-order valence-corrected chi connectivity index (χ0v) is 11.8. The fourth-order valence-electron chi connectivity index (χ4n) is 2.53. The van der Waals surface area contributed by atoms with Gasteiger partial charge in [0.1, 0.15) is 12.4 Å². The van der Waals surface area contributed by atoms with Gasteiger partial charge in [-0.1, -0.05) is 11.6 Å². The summed E-state index contributed by atoms with van der Waals surface area (Å²) in [6.07, 6.45) is 2.39. The molecule has 0 bridgehead atoms. The van der Waals surface area contributed by atoms with E-state index in [1.165, 1.54) is 12.8 Å². The number of hydrogen-bond donors (Lipinski definition) is 1. The molecular formula is C14H21ClN2O. The number of benzene rings is 1.